The largest absolute Gasteiger partial charge is 0.447 e. The molecule has 2 aromatic rings. The molecular formula is C24H27FN2O6S. The molecule has 2 aromatic carbocycles. The first-order valence-electron chi connectivity index (χ1n) is 11.2. The average molecular weight is 491 g/mol. The minimum Gasteiger partial charge on any atom is -0.447 e. The van der Waals surface area contributed by atoms with Crippen LogP contribution in [0.5, 0.6) is 0 Å². The zero-order valence-electron chi connectivity index (χ0n) is 18.6. The SMILES string of the molecule is O=C(OC(C(=O)N1CCOCC1)c1ccccc1)C1CCN(S(=O)(=O)c2ccc(F)cc2)CC1. The molecule has 182 valence electrons. The van der Waals surface area contributed by atoms with Crippen LogP contribution in [0.3, 0.4) is 0 Å². The topological polar surface area (TPSA) is 93.2 Å². The van der Waals surface area contributed by atoms with Crippen molar-refractivity contribution < 1.29 is 31.9 Å². The van der Waals surface area contributed by atoms with Crippen molar-refractivity contribution in [1.82, 2.24) is 9.21 Å². The van der Waals surface area contributed by atoms with Crippen molar-refractivity contribution in [2.45, 2.75) is 23.8 Å². The molecule has 1 unspecified atom stereocenters. The molecule has 0 aliphatic carbocycles. The number of nitrogens with zero attached hydrogens (tertiary/aromatic N) is 2. The number of esters is 1. The van der Waals surface area contributed by atoms with Gasteiger partial charge in [-0.05, 0) is 37.1 Å². The van der Waals surface area contributed by atoms with Gasteiger partial charge in [0.1, 0.15) is 5.82 Å². The number of halogens is 1. The van der Waals surface area contributed by atoms with Crippen molar-refractivity contribution in [3.8, 4) is 0 Å². The van der Waals surface area contributed by atoms with Crippen LogP contribution in [0.25, 0.3) is 0 Å². The van der Waals surface area contributed by atoms with E-state index in [-0.39, 0.29) is 36.7 Å². The number of ether oxygens (including phenoxy) is 2. The number of benzene rings is 2. The molecule has 0 radical (unpaired) electrons. The van der Waals surface area contributed by atoms with E-state index < -0.39 is 33.8 Å². The Morgan fingerprint density at radius 3 is 2.18 bits per heavy atom. The van der Waals surface area contributed by atoms with Gasteiger partial charge in [-0.15, -0.1) is 0 Å². The zero-order valence-corrected chi connectivity index (χ0v) is 19.5. The van der Waals surface area contributed by atoms with E-state index in [4.69, 9.17) is 9.47 Å². The summed E-state index contributed by atoms with van der Waals surface area (Å²) in [6, 6.07) is 13.5. The van der Waals surface area contributed by atoms with Crippen LogP contribution >= 0.6 is 0 Å². The quantitative estimate of drug-likeness (QED) is 0.578. The van der Waals surface area contributed by atoms with Gasteiger partial charge in [-0.2, -0.15) is 4.31 Å². The molecule has 2 fully saturated rings. The van der Waals surface area contributed by atoms with Crippen molar-refractivity contribution >= 4 is 21.9 Å². The maximum absolute atomic E-state index is 13.2. The molecule has 2 aliphatic heterocycles. The monoisotopic (exact) mass is 490 g/mol. The summed E-state index contributed by atoms with van der Waals surface area (Å²) in [5.74, 6) is -1.85. The van der Waals surface area contributed by atoms with Gasteiger partial charge in [0.2, 0.25) is 16.1 Å². The Balaban J connectivity index is 1.42. The standard InChI is InChI=1S/C24H27FN2O6S/c25-20-6-8-21(9-7-20)34(30,31)27-12-10-19(11-13-27)24(29)33-22(18-4-2-1-3-5-18)23(28)26-14-16-32-17-15-26/h1-9,19,22H,10-17H2. The smallest absolute Gasteiger partial charge is 0.310 e. The van der Waals surface area contributed by atoms with Gasteiger partial charge < -0.3 is 14.4 Å². The number of hydrogen-bond acceptors (Lipinski definition) is 6. The van der Waals surface area contributed by atoms with Crippen LogP contribution in [0.2, 0.25) is 0 Å². The van der Waals surface area contributed by atoms with Gasteiger partial charge in [0.15, 0.2) is 0 Å². The molecular weight excluding hydrogens is 463 g/mol. The second kappa shape index (κ2) is 10.6. The van der Waals surface area contributed by atoms with E-state index in [0.717, 1.165) is 12.1 Å². The fourth-order valence-electron chi connectivity index (χ4n) is 4.14. The van der Waals surface area contributed by atoms with E-state index in [0.29, 0.717) is 31.9 Å². The number of carbonyl (C=O) groups is 2. The Morgan fingerprint density at radius 1 is 0.941 bits per heavy atom. The molecule has 0 saturated carbocycles. The summed E-state index contributed by atoms with van der Waals surface area (Å²) >= 11 is 0. The Morgan fingerprint density at radius 2 is 1.56 bits per heavy atom. The van der Waals surface area contributed by atoms with E-state index in [1.54, 1.807) is 29.2 Å². The molecule has 2 heterocycles. The number of hydrogen-bond donors (Lipinski definition) is 0. The fourth-order valence-corrected chi connectivity index (χ4v) is 5.61. The van der Waals surface area contributed by atoms with Crippen LogP contribution < -0.4 is 0 Å². The minimum absolute atomic E-state index is 0.00942. The van der Waals surface area contributed by atoms with Crippen LogP contribution in [-0.4, -0.2) is 68.9 Å². The fraction of sp³-hybridized carbons (Fsp3) is 0.417. The van der Waals surface area contributed by atoms with Crippen LogP contribution in [0.15, 0.2) is 59.5 Å². The van der Waals surface area contributed by atoms with Gasteiger partial charge in [-0.25, -0.2) is 12.8 Å². The van der Waals surface area contributed by atoms with Gasteiger partial charge >= 0.3 is 5.97 Å². The highest BCUT2D eigenvalue weighted by Gasteiger charge is 2.36. The lowest BCUT2D eigenvalue weighted by molar-refractivity contribution is -0.166. The third kappa shape index (κ3) is 5.45. The summed E-state index contributed by atoms with van der Waals surface area (Å²) in [5.41, 5.74) is 0.587. The summed E-state index contributed by atoms with van der Waals surface area (Å²) < 4.78 is 51.2. The van der Waals surface area contributed by atoms with Crippen molar-refractivity contribution in [3.63, 3.8) is 0 Å². The molecule has 34 heavy (non-hydrogen) atoms. The molecule has 4 rings (SSSR count). The normalized spacial score (nSPS) is 18.9. The van der Waals surface area contributed by atoms with Crippen LogP contribution in [0.4, 0.5) is 4.39 Å². The first kappa shape index (κ1) is 24.3. The maximum Gasteiger partial charge on any atom is 0.310 e. The Labute approximate surface area is 198 Å². The van der Waals surface area contributed by atoms with E-state index in [9.17, 15) is 22.4 Å². The molecule has 0 N–H and O–H groups in total. The third-order valence-corrected chi connectivity index (χ3v) is 8.03. The molecule has 0 aromatic heterocycles. The summed E-state index contributed by atoms with van der Waals surface area (Å²) in [7, 11) is -3.78. The minimum atomic E-state index is -3.78. The highest BCUT2D eigenvalue weighted by atomic mass is 32.2. The molecule has 1 atom stereocenters. The van der Waals surface area contributed by atoms with Crippen LogP contribution in [0.1, 0.15) is 24.5 Å². The van der Waals surface area contributed by atoms with Crippen molar-refractivity contribution in [3.05, 3.63) is 66.0 Å². The molecule has 8 nitrogen and oxygen atoms in total. The lowest BCUT2D eigenvalue weighted by Crippen LogP contribution is -2.45. The Bertz CT molecular complexity index is 1100. The molecule has 1 amide bonds. The van der Waals surface area contributed by atoms with Crippen molar-refractivity contribution in [2.24, 2.45) is 5.92 Å². The van der Waals surface area contributed by atoms with Crippen LogP contribution in [-0.2, 0) is 29.1 Å². The number of carbonyl (C=O) groups excluding carboxylic acids is 2. The van der Waals surface area contributed by atoms with Crippen molar-refractivity contribution in [2.75, 3.05) is 39.4 Å². The first-order valence-corrected chi connectivity index (χ1v) is 12.7. The van der Waals surface area contributed by atoms with Gasteiger partial charge in [0, 0.05) is 31.7 Å². The van der Waals surface area contributed by atoms with Gasteiger partial charge in [-0.3, -0.25) is 9.59 Å². The van der Waals surface area contributed by atoms with Crippen molar-refractivity contribution in [1.29, 1.82) is 0 Å². The summed E-state index contributed by atoms with van der Waals surface area (Å²) in [5, 5.41) is 0. The predicted octanol–water partition coefficient (Wildman–Crippen LogP) is 2.37. The van der Waals surface area contributed by atoms with E-state index in [1.807, 2.05) is 6.07 Å². The summed E-state index contributed by atoms with van der Waals surface area (Å²) in [6.45, 7) is 1.99. The van der Waals surface area contributed by atoms with E-state index in [2.05, 4.69) is 0 Å². The number of morpholine rings is 1. The highest BCUT2D eigenvalue weighted by Crippen LogP contribution is 2.28. The second-order valence-corrected chi connectivity index (χ2v) is 10.2. The molecule has 10 heteroatoms. The average Bonchev–Trinajstić information content (AvgIpc) is 2.88. The Hall–Kier alpha value is -2.82. The van der Waals surface area contributed by atoms with E-state index >= 15 is 0 Å². The van der Waals surface area contributed by atoms with Gasteiger partial charge in [-0.1, -0.05) is 30.3 Å². The Kier molecular flexibility index (Phi) is 7.60. The summed E-state index contributed by atoms with van der Waals surface area (Å²) in [6.07, 6.45) is -0.522. The lowest BCUT2D eigenvalue weighted by Gasteiger charge is -2.33. The predicted molar refractivity (Wildman–Crippen MR) is 121 cm³/mol. The van der Waals surface area contributed by atoms with E-state index in [1.165, 1.54) is 16.4 Å². The molecule has 0 spiro atoms. The lowest BCUT2D eigenvalue weighted by atomic mass is 9.98. The first-order chi connectivity index (χ1) is 16.4. The third-order valence-electron chi connectivity index (χ3n) is 6.12. The zero-order chi connectivity index (χ0) is 24.1. The number of piperidine rings is 1. The maximum atomic E-state index is 13.2. The van der Waals surface area contributed by atoms with Gasteiger partial charge in [0.25, 0.3) is 5.91 Å². The molecule has 2 saturated heterocycles. The number of amides is 1. The summed E-state index contributed by atoms with van der Waals surface area (Å²) in [4.78, 5) is 27.8. The number of sulfonamides is 1. The second-order valence-electron chi connectivity index (χ2n) is 8.30. The number of rotatable bonds is 6. The highest BCUT2D eigenvalue weighted by molar-refractivity contribution is 7.89. The van der Waals surface area contributed by atoms with Gasteiger partial charge in [0.05, 0.1) is 24.0 Å². The molecule has 2 aliphatic rings. The van der Waals surface area contributed by atoms with Crippen LogP contribution in [0, 0.1) is 11.7 Å². The molecule has 0 bridgehead atoms.